The van der Waals surface area contributed by atoms with Crippen molar-refractivity contribution in [2.45, 2.75) is 70.8 Å². The molecule has 5 rings (SSSR count). The number of hydrogen-bond acceptors (Lipinski definition) is 5. The third-order valence-corrected chi connectivity index (χ3v) is 7.33. The molecular formula is C24H34N6O. The lowest BCUT2D eigenvalue weighted by molar-refractivity contribution is 0.0729. The molecule has 166 valence electrons. The fourth-order valence-electron chi connectivity index (χ4n) is 5.69. The van der Waals surface area contributed by atoms with Crippen LogP contribution in [0.4, 0.5) is 5.82 Å². The van der Waals surface area contributed by atoms with Crippen LogP contribution in [0.25, 0.3) is 0 Å². The van der Waals surface area contributed by atoms with Crippen LogP contribution in [0.5, 0.6) is 0 Å². The standard InChI is InChI=1S/C24H34N6O/c1-17-20-10-6-12-29(15-18-8-4-3-5-9-18)23(20)27-22(26-17)21-11-7-13-30(21)24(31)19-14-25-28(2)16-19/h14,16,18,21H,3-13,15H2,1-2H3/t21-/m0/s1. The fourth-order valence-corrected chi connectivity index (χ4v) is 5.69. The Morgan fingerprint density at radius 2 is 1.90 bits per heavy atom. The number of likely N-dealkylation sites (tertiary alicyclic amines) is 1. The van der Waals surface area contributed by atoms with Crippen molar-refractivity contribution in [2.75, 3.05) is 24.5 Å². The average molecular weight is 423 g/mol. The Morgan fingerprint density at radius 3 is 2.68 bits per heavy atom. The molecule has 1 saturated carbocycles. The van der Waals surface area contributed by atoms with Crippen LogP contribution in [0.1, 0.15) is 84.8 Å². The molecule has 0 bridgehead atoms. The fraction of sp³-hybridized carbons (Fsp3) is 0.667. The molecule has 1 saturated heterocycles. The van der Waals surface area contributed by atoms with Gasteiger partial charge in [-0.15, -0.1) is 0 Å². The van der Waals surface area contributed by atoms with Crippen molar-refractivity contribution in [1.29, 1.82) is 0 Å². The molecule has 1 aliphatic carbocycles. The van der Waals surface area contributed by atoms with Crippen LogP contribution in [-0.2, 0) is 13.5 Å². The van der Waals surface area contributed by atoms with Crippen molar-refractivity contribution < 1.29 is 4.79 Å². The molecule has 7 heteroatoms. The Morgan fingerprint density at radius 1 is 1.06 bits per heavy atom. The molecule has 0 aromatic carbocycles. The number of anilines is 1. The third kappa shape index (κ3) is 4.06. The Hall–Kier alpha value is -2.44. The Bertz CT molecular complexity index is 948. The van der Waals surface area contributed by atoms with E-state index in [9.17, 15) is 4.79 Å². The molecule has 0 radical (unpaired) electrons. The number of aryl methyl sites for hydroxylation is 2. The zero-order valence-corrected chi connectivity index (χ0v) is 18.9. The van der Waals surface area contributed by atoms with Crippen molar-refractivity contribution in [3.05, 3.63) is 35.0 Å². The molecule has 0 spiro atoms. The highest BCUT2D eigenvalue weighted by atomic mass is 16.2. The molecule has 2 aliphatic heterocycles. The molecule has 1 atom stereocenters. The van der Waals surface area contributed by atoms with Crippen LogP contribution >= 0.6 is 0 Å². The highest BCUT2D eigenvalue weighted by Gasteiger charge is 2.35. The molecule has 1 amide bonds. The van der Waals surface area contributed by atoms with Gasteiger partial charge in [0.2, 0.25) is 0 Å². The summed E-state index contributed by atoms with van der Waals surface area (Å²) in [7, 11) is 1.84. The number of carbonyl (C=O) groups excluding carboxylic acids is 1. The monoisotopic (exact) mass is 422 g/mol. The normalized spacial score (nSPS) is 22.1. The van der Waals surface area contributed by atoms with Gasteiger partial charge in [0.15, 0.2) is 5.82 Å². The first-order chi connectivity index (χ1) is 15.1. The molecule has 2 aromatic rings. The summed E-state index contributed by atoms with van der Waals surface area (Å²) in [5.41, 5.74) is 3.05. The summed E-state index contributed by atoms with van der Waals surface area (Å²) >= 11 is 0. The highest BCUT2D eigenvalue weighted by molar-refractivity contribution is 5.94. The number of fused-ring (bicyclic) bond motifs is 1. The number of carbonyl (C=O) groups is 1. The van der Waals surface area contributed by atoms with E-state index in [-0.39, 0.29) is 11.9 Å². The van der Waals surface area contributed by atoms with Gasteiger partial charge >= 0.3 is 0 Å². The topological polar surface area (TPSA) is 67.2 Å². The number of rotatable bonds is 4. The smallest absolute Gasteiger partial charge is 0.257 e. The second-order valence-electron chi connectivity index (χ2n) is 9.58. The summed E-state index contributed by atoms with van der Waals surface area (Å²) in [5.74, 6) is 2.78. The van der Waals surface area contributed by atoms with Gasteiger partial charge in [0, 0.05) is 44.1 Å². The van der Waals surface area contributed by atoms with E-state index in [2.05, 4.69) is 16.9 Å². The summed E-state index contributed by atoms with van der Waals surface area (Å²) in [4.78, 5) is 27.7. The summed E-state index contributed by atoms with van der Waals surface area (Å²) in [5, 5.41) is 4.18. The molecule has 0 N–H and O–H groups in total. The Kier molecular flexibility index (Phi) is 5.67. The van der Waals surface area contributed by atoms with E-state index in [1.54, 1.807) is 17.1 Å². The largest absolute Gasteiger partial charge is 0.356 e. The van der Waals surface area contributed by atoms with Gasteiger partial charge in [-0.3, -0.25) is 9.48 Å². The summed E-state index contributed by atoms with van der Waals surface area (Å²) in [6, 6.07) is -0.0461. The lowest BCUT2D eigenvalue weighted by Crippen LogP contribution is -2.37. The van der Waals surface area contributed by atoms with Crippen molar-refractivity contribution in [3.8, 4) is 0 Å². The van der Waals surface area contributed by atoms with E-state index in [0.29, 0.717) is 5.56 Å². The zero-order valence-electron chi connectivity index (χ0n) is 18.9. The van der Waals surface area contributed by atoms with Gasteiger partial charge in [-0.05, 0) is 51.4 Å². The van der Waals surface area contributed by atoms with Crippen molar-refractivity contribution in [2.24, 2.45) is 13.0 Å². The third-order valence-electron chi connectivity index (χ3n) is 7.33. The Balaban J connectivity index is 1.42. The van der Waals surface area contributed by atoms with Crippen molar-refractivity contribution in [1.82, 2.24) is 24.6 Å². The molecule has 31 heavy (non-hydrogen) atoms. The van der Waals surface area contributed by atoms with Crippen LogP contribution in [0, 0.1) is 12.8 Å². The van der Waals surface area contributed by atoms with Gasteiger partial charge in [-0.2, -0.15) is 5.10 Å². The minimum atomic E-state index is -0.0461. The lowest BCUT2D eigenvalue weighted by atomic mass is 9.88. The van der Waals surface area contributed by atoms with Gasteiger partial charge in [0.05, 0.1) is 17.8 Å². The molecule has 7 nitrogen and oxygen atoms in total. The molecule has 2 fully saturated rings. The maximum atomic E-state index is 13.2. The molecule has 3 aliphatic rings. The quantitative estimate of drug-likeness (QED) is 0.749. The molecule has 2 aromatic heterocycles. The first-order valence-electron chi connectivity index (χ1n) is 12.0. The first-order valence-corrected chi connectivity index (χ1v) is 12.0. The van der Waals surface area contributed by atoms with Crippen LogP contribution in [0.2, 0.25) is 0 Å². The maximum Gasteiger partial charge on any atom is 0.257 e. The van der Waals surface area contributed by atoms with Gasteiger partial charge in [-0.1, -0.05) is 19.3 Å². The van der Waals surface area contributed by atoms with Crippen LogP contribution in [0.3, 0.4) is 0 Å². The second kappa shape index (κ2) is 8.60. The first kappa shape index (κ1) is 20.5. The summed E-state index contributed by atoms with van der Waals surface area (Å²) in [6.07, 6.45) is 14.4. The van der Waals surface area contributed by atoms with E-state index in [4.69, 9.17) is 9.97 Å². The van der Waals surface area contributed by atoms with E-state index < -0.39 is 0 Å². The Labute approximate surface area is 184 Å². The van der Waals surface area contributed by atoms with Crippen LogP contribution < -0.4 is 4.90 Å². The summed E-state index contributed by atoms with van der Waals surface area (Å²) < 4.78 is 1.68. The average Bonchev–Trinajstić information content (AvgIpc) is 3.44. The van der Waals surface area contributed by atoms with Crippen molar-refractivity contribution >= 4 is 11.7 Å². The van der Waals surface area contributed by atoms with E-state index >= 15 is 0 Å². The molecule has 4 heterocycles. The zero-order chi connectivity index (χ0) is 21.4. The van der Waals surface area contributed by atoms with Gasteiger partial charge in [0.25, 0.3) is 5.91 Å². The number of amides is 1. The molecular weight excluding hydrogens is 388 g/mol. The molecule has 0 unspecified atom stereocenters. The predicted molar refractivity (Wildman–Crippen MR) is 120 cm³/mol. The SMILES string of the molecule is Cc1nc([C@@H]2CCCN2C(=O)c2cnn(C)c2)nc2c1CCCN2CC1CCCCC1. The minimum Gasteiger partial charge on any atom is -0.356 e. The van der Waals surface area contributed by atoms with E-state index in [1.165, 1.54) is 44.1 Å². The lowest BCUT2D eigenvalue weighted by Gasteiger charge is -2.35. The number of aromatic nitrogens is 4. The van der Waals surface area contributed by atoms with Crippen LogP contribution in [0.15, 0.2) is 12.4 Å². The minimum absolute atomic E-state index is 0.0358. The highest BCUT2D eigenvalue weighted by Crippen LogP contribution is 2.36. The van der Waals surface area contributed by atoms with Crippen molar-refractivity contribution in [3.63, 3.8) is 0 Å². The van der Waals surface area contributed by atoms with Crippen LogP contribution in [-0.4, -0.2) is 50.2 Å². The second-order valence-corrected chi connectivity index (χ2v) is 9.58. The van der Waals surface area contributed by atoms with E-state index in [0.717, 1.165) is 62.2 Å². The van der Waals surface area contributed by atoms with E-state index in [1.807, 2.05) is 11.9 Å². The number of hydrogen-bond donors (Lipinski definition) is 0. The predicted octanol–water partition coefficient (Wildman–Crippen LogP) is 3.83. The van der Waals surface area contributed by atoms with Gasteiger partial charge in [0.1, 0.15) is 5.82 Å². The maximum absolute atomic E-state index is 13.2. The number of nitrogens with zero attached hydrogens (tertiary/aromatic N) is 6. The van der Waals surface area contributed by atoms with Gasteiger partial charge in [-0.25, -0.2) is 9.97 Å². The summed E-state index contributed by atoms with van der Waals surface area (Å²) in [6.45, 7) is 5.08. The van der Waals surface area contributed by atoms with Gasteiger partial charge < -0.3 is 9.80 Å².